The molecule has 0 bridgehead atoms. The highest BCUT2D eigenvalue weighted by Crippen LogP contribution is 2.24. The van der Waals surface area contributed by atoms with Crippen molar-refractivity contribution in [3.8, 4) is 0 Å². The smallest absolute Gasteiger partial charge is 0.0538 e. The van der Waals surface area contributed by atoms with Gasteiger partial charge in [0.1, 0.15) is 0 Å². The molecule has 0 spiro atoms. The molecule has 2 heterocycles. The molecular weight excluding hydrogens is 238 g/mol. The quantitative estimate of drug-likeness (QED) is 0.876. The van der Waals surface area contributed by atoms with Crippen LogP contribution in [0.5, 0.6) is 0 Å². The third kappa shape index (κ3) is 3.35. The van der Waals surface area contributed by atoms with Gasteiger partial charge in [0.05, 0.1) is 12.2 Å². The van der Waals surface area contributed by atoms with Crippen molar-refractivity contribution in [2.45, 2.75) is 38.9 Å². The number of aromatic nitrogens is 2. The minimum Gasteiger partial charge on any atom is -0.326 e. The summed E-state index contributed by atoms with van der Waals surface area (Å²) >= 11 is 0. The van der Waals surface area contributed by atoms with Crippen molar-refractivity contribution in [2.75, 3.05) is 26.2 Å². The third-order valence-corrected chi connectivity index (χ3v) is 4.04. The first-order valence-corrected chi connectivity index (χ1v) is 7.21. The molecule has 1 aromatic rings. The summed E-state index contributed by atoms with van der Waals surface area (Å²) in [5.41, 5.74) is 7.44. The van der Waals surface area contributed by atoms with Crippen molar-refractivity contribution in [1.82, 2.24) is 19.6 Å². The lowest BCUT2D eigenvalue weighted by Gasteiger charge is -2.41. The van der Waals surface area contributed by atoms with Gasteiger partial charge in [-0.1, -0.05) is 0 Å². The zero-order valence-electron chi connectivity index (χ0n) is 12.6. The van der Waals surface area contributed by atoms with Gasteiger partial charge in [0.15, 0.2) is 0 Å². The van der Waals surface area contributed by atoms with Gasteiger partial charge in [-0.25, -0.2) is 0 Å². The molecule has 2 unspecified atom stereocenters. The Hall–Kier alpha value is -0.910. The largest absolute Gasteiger partial charge is 0.326 e. The van der Waals surface area contributed by atoms with E-state index in [1.807, 2.05) is 17.9 Å². The van der Waals surface area contributed by atoms with Crippen molar-refractivity contribution >= 4 is 0 Å². The molecule has 1 aromatic heterocycles. The predicted octanol–water partition coefficient (Wildman–Crippen LogP) is 0.834. The Morgan fingerprint density at radius 3 is 2.11 bits per heavy atom. The van der Waals surface area contributed by atoms with Gasteiger partial charge in [-0.15, -0.1) is 0 Å². The summed E-state index contributed by atoms with van der Waals surface area (Å²) in [6, 6.07) is 1.03. The number of nitrogens with zero attached hydrogens (tertiary/aromatic N) is 4. The Bertz CT molecular complexity index is 390. The molecule has 1 fully saturated rings. The van der Waals surface area contributed by atoms with Crippen LogP contribution in [0, 0.1) is 0 Å². The normalized spacial score (nSPS) is 21.8. The van der Waals surface area contributed by atoms with Crippen LogP contribution < -0.4 is 5.73 Å². The number of hydrogen-bond acceptors (Lipinski definition) is 4. The second kappa shape index (κ2) is 6.03. The zero-order chi connectivity index (χ0) is 14.0. The summed E-state index contributed by atoms with van der Waals surface area (Å²) < 4.78 is 1.86. The van der Waals surface area contributed by atoms with E-state index in [4.69, 9.17) is 5.73 Å². The highest BCUT2D eigenvalue weighted by molar-refractivity contribution is 5.13. The molecule has 19 heavy (non-hydrogen) atoms. The Balaban J connectivity index is 2.05. The minimum absolute atomic E-state index is 0.120. The van der Waals surface area contributed by atoms with Crippen LogP contribution in [0.4, 0.5) is 0 Å². The fourth-order valence-electron chi connectivity index (χ4n) is 2.97. The lowest BCUT2D eigenvalue weighted by Crippen LogP contribution is -2.52. The Morgan fingerprint density at radius 2 is 1.68 bits per heavy atom. The predicted molar refractivity (Wildman–Crippen MR) is 77.9 cm³/mol. The summed E-state index contributed by atoms with van der Waals surface area (Å²) in [4.78, 5) is 5.03. The number of nitrogens with two attached hydrogens (primary N) is 1. The van der Waals surface area contributed by atoms with Gasteiger partial charge < -0.3 is 5.73 Å². The molecule has 1 aliphatic rings. The van der Waals surface area contributed by atoms with Crippen LogP contribution >= 0.6 is 0 Å². The molecule has 1 aliphatic heterocycles. The van der Waals surface area contributed by atoms with E-state index in [2.05, 4.69) is 41.9 Å². The monoisotopic (exact) mass is 265 g/mol. The number of piperazine rings is 1. The van der Waals surface area contributed by atoms with E-state index in [0.717, 1.165) is 26.2 Å². The van der Waals surface area contributed by atoms with Crippen molar-refractivity contribution in [2.24, 2.45) is 12.8 Å². The second-order valence-electron chi connectivity index (χ2n) is 5.92. The van der Waals surface area contributed by atoms with E-state index in [0.29, 0.717) is 6.04 Å². The maximum Gasteiger partial charge on any atom is 0.0538 e. The lowest BCUT2D eigenvalue weighted by atomic mass is 10.0. The van der Waals surface area contributed by atoms with E-state index in [-0.39, 0.29) is 12.1 Å². The number of hydrogen-bond donors (Lipinski definition) is 1. The third-order valence-electron chi connectivity index (χ3n) is 4.04. The molecule has 2 atom stereocenters. The van der Waals surface area contributed by atoms with Crippen LogP contribution in [0.3, 0.4) is 0 Å². The molecule has 2 rings (SSSR count). The van der Waals surface area contributed by atoms with Gasteiger partial charge in [0.25, 0.3) is 0 Å². The van der Waals surface area contributed by atoms with E-state index in [1.54, 1.807) is 0 Å². The van der Waals surface area contributed by atoms with Gasteiger partial charge >= 0.3 is 0 Å². The van der Waals surface area contributed by atoms with Gasteiger partial charge in [-0.2, -0.15) is 5.10 Å². The summed E-state index contributed by atoms with van der Waals surface area (Å²) in [6.45, 7) is 11.0. The summed E-state index contributed by atoms with van der Waals surface area (Å²) in [5, 5.41) is 4.28. The maximum absolute atomic E-state index is 6.21. The fourth-order valence-corrected chi connectivity index (χ4v) is 2.97. The number of aryl methyl sites for hydroxylation is 1. The molecule has 0 aliphatic carbocycles. The van der Waals surface area contributed by atoms with Crippen molar-refractivity contribution in [3.05, 3.63) is 18.0 Å². The van der Waals surface area contributed by atoms with Gasteiger partial charge in [-0.05, 0) is 20.8 Å². The fraction of sp³-hybridized carbons (Fsp3) is 0.786. The molecule has 0 saturated carbocycles. The van der Waals surface area contributed by atoms with Crippen LogP contribution in [-0.4, -0.2) is 57.8 Å². The standard InChI is InChI=1S/C14H27N5/c1-11(2)18-5-7-19(8-6-18)14(12(3)15)13-9-16-17(4)10-13/h9-12,14H,5-8,15H2,1-4H3. The molecule has 1 saturated heterocycles. The summed E-state index contributed by atoms with van der Waals surface area (Å²) in [7, 11) is 1.96. The zero-order valence-corrected chi connectivity index (χ0v) is 12.6. The SMILES string of the molecule is CC(N)C(c1cnn(C)c1)N1CCN(C(C)C)CC1. The Labute approximate surface area is 116 Å². The minimum atomic E-state index is 0.120. The van der Waals surface area contributed by atoms with E-state index in [9.17, 15) is 0 Å². The van der Waals surface area contributed by atoms with E-state index in [1.165, 1.54) is 5.56 Å². The molecule has 2 N–H and O–H groups in total. The summed E-state index contributed by atoms with van der Waals surface area (Å²) in [5.74, 6) is 0. The maximum atomic E-state index is 6.21. The van der Waals surface area contributed by atoms with E-state index >= 15 is 0 Å². The first-order valence-electron chi connectivity index (χ1n) is 7.21. The topological polar surface area (TPSA) is 50.3 Å². The lowest BCUT2D eigenvalue weighted by molar-refractivity contribution is 0.0705. The van der Waals surface area contributed by atoms with Crippen molar-refractivity contribution in [3.63, 3.8) is 0 Å². The average molecular weight is 265 g/mol. The molecule has 0 aromatic carbocycles. The number of rotatable bonds is 4. The van der Waals surface area contributed by atoms with Gasteiger partial charge in [-0.3, -0.25) is 14.5 Å². The van der Waals surface area contributed by atoms with Crippen LogP contribution in [0.2, 0.25) is 0 Å². The van der Waals surface area contributed by atoms with Crippen LogP contribution in [0.25, 0.3) is 0 Å². The second-order valence-corrected chi connectivity index (χ2v) is 5.92. The van der Waals surface area contributed by atoms with Gasteiger partial charge in [0, 0.05) is 57.1 Å². The molecule has 0 radical (unpaired) electrons. The van der Waals surface area contributed by atoms with Crippen LogP contribution in [0.15, 0.2) is 12.4 Å². The molecule has 5 heteroatoms. The van der Waals surface area contributed by atoms with Gasteiger partial charge in [0.2, 0.25) is 0 Å². The molecular formula is C14H27N5. The first-order chi connectivity index (χ1) is 8.99. The first kappa shape index (κ1) is 14.5. The Morgan fingerprint density at radius 1 is 1.11 bits per heavy atom. The van der Waals surface area contributed by atoms with E-state index < -0.39 is 0 Å². The highest BCUT2D eigenvalue weighted by Gasteiger charge is 2.28. The highest BCUT2D eigenvalue weighted by atomic mass is 15.3. The molecule has 108 valence electrons. The summed E-state index contributed by atoms with van der Waals surface area (Å²) in [6.07, 6.45) is 4.03. The Kier molecular flexibility index (Phi) is 4.60. The van der Waals surface area contributed by atoms with Crippen molar-refractivity contribution in [1.29, 1.82) is 0 Å². The van der Waals surface area contributed by atoms with Crippen molar-refractivity contribution < 1.29 is 0 Å². The van der Waals surface area contributed by atoms with Crippen LogP contribution in [-0.2, 0) is 7.05 Å². The molecule has 0 amide bonds. The molecule has 5 nitrogen and oxygen atoms in total. The van der Waals surface area contributed by atoms with Crippen LogP contribution in [0.1, 0.15) is 32.4 Å². The average Bonchev–Trinajstić information content (AvgIpc) is 2.76.